The Bertz CT molecular complexity index is 400. The third-order valence-electron chi connectivity index (χ3n) is 3.71. The first-order valence-electron chi connectivity index (χ1n) is 5.92. The fourth-order valence-electron chi connectivity index (χ4n) is 2.36. The SMILES string of the molecule is Cc1ccc(C(C)(C)F)cc1C1(N)CCC1. The summed E-state index contributed by atoms with van der Waals surface area (Å²) in [5, 5.41) is 0. The largest absolute Gasteiger partial charge is 0.321 e. The normalized spacial score (nSPS) is 19.3. The van der Waals surface area contributed by atoms with Gasteiger partial charge in [0.2, 0.25) is 0 Å². The second-order valence-electron chi connectivity index (χ2n) is 5.51. The summed E-state index contributed by atoms with van der Waals surface area (Å²) in [6.45, 7) is 5.23. The number of alkyl halides is 1. The number of aryl methyl sites for hydroxylation is 1. The lowest BCUT2D eigenvalue weighted by Crippen LogP contribution is -2.44. The van der Waals surface area contributed by atoms with Crippen LogP contribution in [0.2, 0.25) is 0 Å². The Balaban J connectivity index is 2.45. The molecule has 16 heavy (non-hydrogen) atoms. The van der Waals surface area contributed by atoms with E-state index in [1.807, 2.05) is 18.2 Å². The molecule has 0 amide bonds. The summed E-state index contributed by atoms with van der Waals surface area (Å²) >= 11 is 0. The number of benzene rings is 1. The first kappa shape index (κ1) is 11.6. The Kier molecular flexibility index (Phi) is 2.58. The van der Waals surface area contributed by atoms with Gasteiger partial charge in [-0.1, -0.05) is 18.2 Å². The predicted molar refractivity (Wildman–Crippen MR) is 65.0 cm³/mol. The number of halogens is 1. The number of rotatable bonds is 2. The average Bonchev–Trinajstić information content (AvgIpc) is 2.13. The van der Waals surface area contributed by atoms with Crippen LogP contribution in [0.25, 0.3) is 0 Å². The third kappa shape index (κ3) is 1.86. The maximum Gasteiger partial charge on any atom is 0.130 e. The van der Waals surface area contributed by atoms with Crippen molar-refractivity contribution in [1.82, 2.24) is 0 Å². The van der Waals surface area contributed by atoms with E-state index >= 15 is 0 Å². The molecule has 2 N–H and O–H groups in total. The Morgan fingerprint density at radius 1 is 1.31 bits per heavy atom. The number of hydrogen-bond acceptors (Lipinski definition) is 1. The predicted octanol–water partition coefficient (Wildman–Crippen LogP) is 3.54. The highest BCUT2D eigenvalue weighted by Gasteiger charge is 2.36. The van der Waals surface area contributed by atoms with Gasteiger partial charge in [0.05, 0.1) is 0 Å². The van der Waals surface area contributed by atoms with Gasteiger partial charge in [0.15, 0.2) is 0 Å². The molecule has 0 bridgehead atoms. The van der Waals surface area contributed by atoms with Crippen LogP contribution < -0.4 is 5.73 Å². The first-order valence-corrected chi connectivity index (χ1v) is 5.92. The van der Waals surface area contributed by atoms with Gasteiger partial charge in [0, 0.05) is 5.54 Å². The highest BCUT2D eigenvalue weighted by molar-refractivity contribution is 5.39. The van der Waals surface area contributed by atoms with E-state index in [9.17, 15) is 4.39 Å². The van der Waals surface area contributed by atoms with Crippen LogP contribution in [0.4, 0.5) is 4.39 Å². The zero-order valence-electron chi connectivity index (χ0n) is 10.3. The fourth-order valence-corrected chi connectivity index (χ4v) is 2.36. The summed E-state index contributed by atoms with van der Waals surface area (Å²) in [6.07, 6.45) is 3.22. The van der Waals surface area contributed by atoms with Gasteiger partial charge in [-0.25, -0.2) is 4.39 Å². The standard InChI is InChI=1S/C14H20FN/c1-10-5-6-11(13(2,3)15)9-12(10)14(16)7-4-8-14/h5-6,9H,4,7-8,16H2,1-3H3. The van der Waals surface area contributed by atoms with E-state index in [-0.39, 0.29) is 5.54 Å². The first-order chi connectivity index (χ1) is 7.33. The van der Waals surface area contributed by atoms with E-state index in [0.29, 0.717) is 0 Å². The van der Waals surface area contributed by atoms with E-state index in [1.165, 1.54) is 12.0 Å². The van der Waals surface area contributed by atoms with Crippen molar-refractivity contribution in [3.05, 3.63) is 34.9 Å². The molecule has 0 spiro atoms. The molecule has 1 nitrogen and oxygen atoms in total. The summed E-state index contributed by atoms with van der Waals surface area (Å²) in [5.41, 5.74) is 7.85. The molecule has 1 saturated carbocycles. The molecule has 0 saturated heterocycles. The van der Waals surface area contributed by atoms with Crippen molar-refractivity contribution < 1.29 is 4.39 Å². The molecule has 1 aliphatic carbocycles. The van der Waals surface area contributed by atoms with Crippen LogP contribution in [0.15, 0.2) is 18.2 Å². The Labute approximate surface area is 96.9 Å². The number of hydrogen-bond donors (Lipinski definition) is 1. The van der Waals surface area contributed by atoms with Crippen molar-refractivity contribution in [2.24, 2.45) is 5.73 Å². The van der Waals surface area contributed by atoms with Crippen LogP contribution in [-0.2, 0) is 11.2 Å². The summed E-state index contributed by atoms with van der Waals surface area (Å²) in [5.74, 6) is 0. The minimum atomic E-state index is -1.29. The quantitative estimate of drug-likeness (QED) is 0.812. The van der Waals surface area contributed by atoms with Gasteiger partial charge < -0.3 is 5.73 Å². The lowest BCUT2D eigenvalue weighted by atomic mass is 9.70. The Morgan fingerprint density at radius 2 is 1.94 bits per heavy atom. The van der Waals surface area contributed by atoms with Gasteiger partial charge in [-0.05, 0) is 56.7 Å². The topological polar surface area (TPSA) is 26.0 Å². The van der Waals surface area contributed by atoms with Crippen molar-refractivity contribution in [2.45, 2.75) is 51.2 Å². The average molecular weight is 221 g/mol. The van der Waals surface area contributed by atoms with Crippen LogP contribution in [0, 0.1) is 6.92 Å². The lowest BCUT2D eigenvalue weighted by molar-refractivity contribution is 0.218. The molecule has 88 valence electrons. The zero-order valence-corrected chi connectivity index (χ0v) is 10.3. The van der Waals surface area contributed by atoms with Crippen molar-refractivity contribution >= 4 is 0 Å². The smallest absolute Gasteiger partial charge is 0.130 e. The Hall–Kier alpha value is -0.890. The van der Waals surface area contributed by atoms with Crippen LogP contribution in [0.3, 0.4) is 0 Å². The molecular weight excluding hydrogens is 201 g/mol. The summed E-state index contributed by atoms with van der Waals surface area (Å²) < 4.78 is 13.9. The van der Waals surface area contributed by atoms with Gasteiger partial charge in [-0.3, -0.25) is 0 Å². The highest BCUT2D eigenvalue weighted by atomic mass is 19.1. The van der Waals surface area contributed by atoms with Crippen molar-refractivity contribution in [1.29, 1.82) is 0 Å². The minimum Gasteiger partial charge on any atom is -0.321 e. The molecule has 1 aromatic carbocycles. The molecule has 0 aliphatic heterocycles. The van der Waals surface area contributed by atoms with Gasteiger partial charge in [0.25, 0.3) is 0 Å². The van der Waals surface area contributed by atoms with E-state index < -0.39 is 5.67 Å². The zero-order chi connectivity index (χ0) is 12.0. The van der Waals surface area contributed by atoms with Gasteiger partial charge >= 0.3 is 0 Å². The molecule has 0 atom stereocenters. The molecule has 1 aliphatic rings. The highest BCUT2D eigenvalue weighted by Crippen LogP contribution is 2.41. The second kappa shape index (κ2) is 3.56. The van der Waals surface area contributed by atoms with Crippen LogP contribution >= 0.6 is 0 Å². The summed E-state index contributed by atoms with van der Waals surface area (Å²) in [7, 11) is 0. The molecule has 0 aromatic heterocycles. The molecule has 0 unspecified atom stereocenters. The third-order valence-corrected chi connectivity index (χ3v) is 3.71. The van der Waals surface area contributed by atoms with E-state index in [4.69, 9.17) is 5.73 Å². The molecule has 1 fully saturated rings. The maximum atomic E-state index is 13.9. The second-order valence-corrected chi connectivity index (χ2v) is 5.51. The van der Waals surface area contributed by atoms with Gasteiger partial charge in [0.1, 0.15) is 5.67 Å². The molecule has 1 aromatic rings. The fraction of sp³-hybridized carbons (Fsp3) is 0.571. The molecule has 0 heterocycles. The molecule has 2 heteroatoms. The maximum absolute atomic E-state index is 13.9. The number of nitrogens with two attached hydrogens (primary N) is 1. The van der Waals surface area contributed by atoms with Crippen LogP contribution in [0.5, 0.6) is 0 Å². The van der Waals surface area contributed by atoms with Crippen molar-refractivity contribution in [2.75, 3.05) is 0 Å². The Morgan fingerprint density at radius 3 is 2.38 bits per heavy atom. The molecular formula is C14H20FN. The van der Waals surface area contributed by atoms with E-state index in [2.05, 4.69) is 6.92 Å². The van der Waals surface area contributed by atoms with Crippen molar-refractivity contribution in [3.8, 4) is 0 Å². The van der Waals surface area contributed by atoms with E-state index in [0.717, 1.165) is 24.0 Å². The lowest BCUT2D eigenvalue weighted by Gasteiger charge is -2.40. The molecule has 0 radical (unpaired) electrons. The molecule has 2 rings (SSSR count). The monoisotopic (exact) mass is 221 g/mol. The van der Waals surface area contributed by atoms with Crippen LogP contribution in [0.1, 0.15) is 49.8 Å². The van der Waals surface area contributed by atoms with Crippen molar-refractivity contribution in [3.63, 3.8) is 0 Å². The van der Waals surface area contributed by atoms with Gasteiger partial charge in [-0.15, -0.1) is 0 Å². The van der Waals surface area contributed by atoms with Crippen LogP contribution in [-0.4, -0.2) is 0 Å². The minimum absolute atomic E-state index is 0.203. The summed E-state index contributed by atoms with van der Waals surface area (Å²) in [4.78, 5) is 0. The summed E-state index contributed by atoms with van der Waals surface area (Å²) in [6, 6.07) is 5.80. The van der Waals surface area contributed by atoms with Gasteiger partial charge in [-0.2, -0.15) is 0 Å². The van der Waals surface area contributed by atoms with E-state index in [1.54, 1.807) is 13.8 Å².